The van der Waals surface area contributed by atoms with E-state index in [9.17, 15) is 9.59 Å². The molecule has 6 heteroatoms. The van der Waals surface area contributed by atoms with Crippen molar-refractivity contribution in [1.82, 2.24) is 9.80 Å². The average Bonchev–Trinajstić information content (AvgIpc) is 2.41. The quantitative estimate of drug-likeness (QED) is 0.871. The molecule has 2 amide bonds. The largest absolute Gasteiger partial charge is 0.480 e. The molecule has 0 atom stereocenters. The highest BCUT2D eigenvalue weighted by atomic mass is 16.4. The number of urea groups is 1. The molecule has 1 aromatic rings. The summed E-state index contributed by atoms with van der Waals surface area (Å²) in [7, 11) is 0. The second kappa shape index (κ2) is 6.38. The van der Waals surface area contributed by atoms with Gasteiger partial charge in [-0.2, -0.15) is 0 Å². The van der Waals surface area contributed by atoms with Gasteiger partial charge in [0.2, 0.25) is 0 Å². The number of nitrogens with one attached hydrogen (secondary N) is 1. The number of piperazine rings is 1. The zero-order valence-corrected chi connectivity index (χ0v) is 11.5. The van der Waals surface area contributed by atoms with Crippen LogP contribution in [0.2, 0.25) is 0 Å². The SMILES string of the molecule is Cc1ccccc1NC(=O)N1CCN(CC(=O)O)CC1. The van der Waals surface area contributed by atoms with Gasteiger partial charge in [0.15, 0.2) is 0 Å². The molecule has 1 heterocycles. The van der Waals surface area contributed by atoms with E-state index in [1.54, 1.807) is 4.90 Å². The van der Waals surface area contributed by atoms with Crippen molar-refractivity contribution in [2.24, 2.45) is 0 Å². The lowest BCUT2D eigenvalue weighted by molar-refractivity contribution is -0.138. The van der Waals surface area contributed by atoms with Gasteiger partial charge in [-0.25, -0.2) is 4.79 Å². The summed E-state index contributed by atoms with van der Waals surface area (Å²) in [5.74, 6) is -0.831. The van der Waals surface area contributed by atoms with Crippen molar-refractivity contribution >= 4 is 17.7 Å². The van der Waals surface area contributed by atoms with Crippen LogP contribution in [0, 0.1) is 6.92 Å². The van der Waals surface area contributed by atoms with Gasteiger partial charge in [-0.1, -0.05) is 18.2 Å². The van der Waals surface area contributed by atoms with Gasteiger partial charge in [0, 0.05) is 31.9 Å². The van der Waals surface area contributed by atoms with E-state index in [-0.39, 0.29) is 12.6 Å². The van der Waals surface area contributed by atoms with Gasteiger partial charge < -0.3 is 15.3 Å². The molecule has 2 rings (SSSR count). The number of amides is 2. The fraction of sp³-hybridized carbons (Fsp3) is 0.429. The Bertz CT molecular complexity index is 496. The van der Waals surface area contributed by atoms with Crippen molar-refractivity contribution in [3.63, 3.8) is 0 Å². The molecule has 0 bridgehead atoms. The van der Waals surface area contributed by atoms with Crippen LogP contribution in [0.4, 0.5) is 10.5 Å². The highest BCUT2D eigenvalue weighted by molar-refractivity contribution is 5.90. The van der Waals surface area contributed by atoms with E-state index in [1.807, 2.05) is 36.1 Å². The standard InChI is InChI=1S/C14H19N3O3/c1-11-4-2-3-5-12(11)15-14(20)17-8-6-16(7-9-17)10-13(18)19/h2-5H,6-10H2,1H3,(H,15,20)(H,18,19). The van der Waals surface area contributed by atoms with Gasteiger partial charge in [-0.15, -0.1) is 0 Å². The zero-order chi connectivity index (χ0) is 14.5. The van der Waals surface area contributed by atoms with Gasteiger partial charge >= 0.3 is 12.0 Å². The number of carbonyl (C=O) groups is 2. The number of rotatable bonds is 3. The number of carbonyl (C=O) groups excluding carboxylic acids is 1. The van der Waals surface area contributed by atoms with Gasteiger partial charge in [0.25, 0.3) is 0 Å². The van der Waals surface area contributed by atoms with Crippen molar-refractivity contribution in [2.75, 3.05) is 38.0 Å². The molecule has 0 aliphatic carbocycles. The van der Waals surface area contributed by atoms with E-state index in [0.29, 0.717) is 26.2 Å². The zero-order valence-electron chi connectivity index (χ0n) is 11.5. The Morgan fingerprint density at radius 3 is 2.45 bits per heavy atom. The van der Waals surface area contributed by atoms with Crippen LogP contribution in [0.5, 0.6) is 0 Å². The second-order valence-electron chi connectivity index (χ2n) is 4.90. The molecule has 1 aliphatic rings. The van der Waals surface area contributed by atoms with Crippen molar-refractivity contribution in [3.05, 3.63) is 29.8 Å². The molecule has 108 valence electrons. The molecule has 0 spiro atoms. The number of benzene rings is 1. The topological polar surface area (TPSA) is 72.9 Å². The molecular weight excluding hydrogens is 258 g/mol. The maximum Gasteiger partial charge on any atom is 0.321 e. The molecule has 0 saturated carbocycles. The summed E-state index contributed by atoms with van der Waals surface area (Å²) in [6, 6.07) is 7.49. The first-order valence-corrected chi connectivity index (χ1v) is 6.62. The number of carboxylic acid groups (broad SMARTS) is 1. The Kier molecular flexibility index (Phi) is 4.57. The molecule has 1 fully saturated rings. The Morgan fingerprint density at radius 2 is 1.85 bits per heavy atom. The molecule has 0 aromatic heterocycles. The number of aryl methyl sites for hydroxylation is 1. The molecule has 0 unspecified atom stereocenters. The van der Waals surface area contributed by atoms with Crippen LogP contribution in [-0.2, 0) is 4.79 Å². The van der Waals surface area contributed by atoms with Gasteiger partial charge in [-0.3, -0.25) is 9.69 Å². The van der Waals surface area contributed by atoms with E-state index in [1.165, 1.54) is 0 Å². The van der Waals surface area contributed by atoms with Crippen molar-refractivity contribution in [1.29, 1.82) is 0 Å². The Hall–Kier alpha value is -2.08. The van der Waals surface area contributed by atoms with Gasteiger partial charge in [0.05, 0.1) is 6.54 Å². The first kappa shape index (κ1) is 14.3. The summed E-state index contributed by atoms with van der Waals surface area (Å²) in [6.45, 7) is 4.25. The van der Waals surface area contributed by atoms with Crippen molar-refractivity contribution < 1.29 is 14.7 Å². The third-order valence-electron chi connectivity index (χ3n) is 3.41. The van der Waals surface area contributed by atoms with Crippen LogP contribution < -0.4 is 5.32 Å². The number of carboxylic acids is 1. The molecule has 2 N–H and O–H groups in total. The van der Waals surface area contributed by atoms with Crippen LogP contribution in [-0.4, -0.2) is 59.6 Å². The van der Waals surface area contributed by atoms with Crippen LogP contribution in [0.15, 0.2) is 24.3 Å². The smallest absolute Gasteiger partial charge is 0.321 e. The van der Waals surface area contributed by atoms with Gasteiger partial charge in [0.1, 0.15) is 0 Å². The lowest BCUT2D eigenvalue weighted by Gasteiger charge is -2.33. The van der Waals surface area contributed by atoms with Gasteiger partial charge in [-0.05, 0) is 18.6 Å². The first-order valence-electron chi connectivity index (χ1n) is 6.62. The summed E-state index contributed by atoms with van der Waals surface area (Å²) >= 11 is 0. The highest BCUT2D eigenvalue weighted by Crippen LogP contribution is 2.14. The Labute approximate surface area is 118 Å². The van der Waals surface area contributed by atoms with Crippen molar-refractivity contribution in [3.8, 4) is 0 Å². The number of hydrogen-bond acceptors (Lipinski definition) is 3. The predicted molar refractivity (Wildman–Crippen MR) is 75.8 cm³/mol. The van der Waals surface area contributed by atoms with E-state index in [0.717, 1.165) is 11.3 Å². The molecular formula is C14H19N3O3. The normalized spacial score (nSPS) is 15.9. The number of hydrogen-bond donors (Lipinski definition) is 2. The fourth-order valence-electron chi connectivity index (χ4n) is 2.21. The molecule has 1 aliphatic heterocycles. The van der Waals surface area contributed by atoms with E-state index >= 15 is 0 Å². The number of para-hydroxylation sites is 1. The third kappa shape index (κ3) is 3.71. The fourth-order valence-corrected chi connectivity index (χ4v) is 2.21. The lowest BCUT2D eigenvalue weighted by Crippen LogP contribution is -2.51. The predicted octanol–water partition coefficient (Wildman–Crippen LogP) is 1.23. The van der Waals surface area contributed by atoms with E-state index < -0.39 is 5.97 Å². The minimum absolute atomic E-state index is 0.0350. The third-order valence-corrected chi connectivity index (χ3v) is 3.41. The maximum atomic E-state index is 12.1. The average molecular weight is 277 g/mol. The molecule has 6 nitrogen and oxygen atoms in total. The monoisotopic (exact) mass is 277 g/mol. The number of nitrogens with zero attached hydrogens (tertiary/aromatic N) is 2. The minimum atomic E-state index is -0.831. The van der Waals surface area contributed by atoms with E-state index in [2.05, 4.69) is 5.32 Å². The highest BCUT2D eigenvalue weighted by Gasteiger charge is 2.22. The Morgan fingerprint density at radius 1 is 1.20 bits per heavy atom. The lowest BCUT2D eigenvalue weighted by atomic mass is 10.2. The van der Waals surface area contributed by atoms with Crippen LogP contribution in [0.1, 0.15) is 5.56 Å². The van der Waals surface area contributed by atoms with Crippen LogP contribution >= 0.6 is 0 Å². The van der Waals surface area contributed by atoms with E-state index in [4.69, 9.17) is 5.11 Å². The molecule has 20 heavy (non-hydrogen) atoms. The summed E-state index contributed by atoms with van der Waals surface area (Å²) < 4.78 is 0. The van der Waals surface area contributed by atoms with Crippen LogP contribution in [0.25, 0.3) is 0 Å². The summed E-state index contributed by atoms with van der Waals surface area (Å²) in [5.41, 5.74) is 1.83. The summed E-state index contributed by atoms with van der Waals surface area (Å²) in [4.78, 5) is 26.3. The summed E-state index contributed by atoms with van der Waals surface area (Å²) in [6.07, 6.45) is 0. The molecule has 1 saturated heterocycles. The summed E-state index contributed by atoms with van der Waals surface area (Å²) in [5, 5.41) is 11.6. The first-order chi connectivity index (χ1) is 9.56. The Balaban J connectivity index is 1.86. The maximum absolute atomic E-state index is 12.1. The number of aliphatic carboxylic acids is 1. The second-order valence-corrected chi connectivity index (χ2v) is 4.90. The molecule has 0 radical (unpaired) electrons. The molecule has 1 aromatic carbocycles. The minimum Gasteiger partial charge on any atom is -0.480 e. The van der Waals surface area contributed by atoms with Crippen LogP contribution in [0.3, 0.4) is 0 Å². The number of anilines is 1. The van der Waals surface area contributed by atoms with Crippen molar-refractivity contribution in [2.45, 2.75) is 6.92 Å².